The predicted molar refractivity (Wildman–Crippen MR) is 172 cm³/mol. The normalized spacial score (nSPS) is 45.0. The van der Waals surface area contributed by atoms with E-state index in [-0.39, 0.29) is 45.0 Å². The molecule has 5 aliphatic carbocycles. The van der Waals surface area contributed by atoms with E-state index in [1.54, 1.807) is 18.2 Å². The first kappa shape index (κ1) is 30.7. The molecule has 6 rings (SSSR count). The second-order valence-corrected chi connectivity index (χ2v) is 16.9. The number of hydrogen-bond acceptors (Lipinski definition) is 3. The third-order valence-corrected chi connectivity index (χ3v) is 15.2. The van der Waals surface area contributed by atoms with E-state index in [0.29, 0.717) is 23.7 Å². The largest absolute Gasteiger partial charge is 0.508 e. The number of phenolic OH excluding ortho intramolecular Hbond substituents is 1. The summed E-state index contributed by atoms with van der Waals surface area (Å²) in [4.78, 5) is 26.6. The number of rotatable bonds is 5. The zero-order chi connectivity index (χ0) is 31.2. The highest BCUT2D eigenvalue weighted by molar-refractivity contribution is 5.96. The fraction of sp³-hybridized carbons (Fsp3) is 0.692. The average molecular weight is 587 g/mol. The Bertz CT molecular complexity index is 1340. The van der Waals surface area contributed by atoms with Gasteiger partial charge >= 0.3 is 5.97 Å². The van der Waals surface area contributed by atoms with Crippen LogP contribution in [0.1, 0.15) is 111 Å². The molecule has 0 heterocycles. The minimum absolute atomic E-state index is 0.0101. The molecule has 1 aromatic carbocycles. The Kier molecular flexibility index (Phi) is 7.18. The zero-order valence-electron chi connectivity index (χ0n) is 27.4. The van der Waals surface area contributed by atoms with Crippen molar-refractivity contribution in [2.24, 2.45) is 62.6 Å². The molecule has 4 nitrogen and oxygen atoms in total. The van der Waals surface area contributed by atoms with Crippen molar-refractivity contribution in [3.8, 4) is 5.75 Å². The molecule has 234 valence electrons. The van der Waals surface area contributed by atoms with Crippen LogP contribution >= 0.6 is 0 Å². The van der Waals surface area contributed by atoms with Gasteiger partial charge in [0.1, 0.15) is 5.75 Å². The van der Waals surface area contributed by atoms with E-state index in [0.717, 1.165) is 56.9 Å². The van der Waals surface area contributed by atoms with Gasteiger partial charge in [-0.2, -0.15) is 0 Å². The molecule has 43 heavy (non-hydrogen) atoms. The van der Waals surface area contributed by atoms with Crippen LogP contribution in [0.25, 0.3) is 6.08 Å². The van der Waals surface area contributed by atoms with Crippen LogP contribution < -0.4 is 0 Å². The van der Waals surface area contributed by atoms with Crippen LogP contribution in [-0.2, 0) is 9.59 Å². The monoisotopic (exact) mass is 586 g/mol. The lowest BCUT2D eigenvalue weighted by atomic mass is 9.32. The van der Waals surface area contributed by atoms with Gasteiger partial charge in [0.2, 0.25) is 0 Å². The Balaban J connectivity index is 1.28. The summed E-state index contributed by atoms with van der Waals surface area (Å²) in [6.07, 6.45) is 13.9. The molecule has 0 aromatic heterocycles. The number of carbonyl (C=O) groups is 2. The minimum atomic E-state index is -0.577. The quantitative estimate of drug-likeness (QED) is 0.266. The summed E-state index contributed by atoms with van der Waals surface area (Å²) < 4.78 is 0. The number of carboxylic acid groups (broad SMARTS) is 1. The van der Waals surface area contributed by atoms with Crippen molar-refractivity contribution in [2.75, 3.05) is 0 Å². The van der Waals surface area contributed by atoms with Gasteiger partial charge in [-0.1, -0.05) is 65.0 Å². The highest BCUT2D eigenvalue weighted by Gasteiger charge is 2.72. The standard InChI is InChI=1S/C39H54O4/c1-24(2)27-16-21-39(34(42)43)23-22-37(6)29(33(27)39)13-15-32-36(5)19-17-28(35(3,4)31(36)18-20-38(32,37)7)30(41)14-10-25-8-11-26(40)12-9-25/h8-12,14,27-29,31-33,40H,1,13,15-23H2,2-7H3,(H,42,43)/t27-,28+,29+,31-,32+,33+,36-,37+,38+,39-/m0/s1. The van der Waals surface area contributed by atoms with Crippen LogP contribution in [0.15, 0.2) is 42.5 Å². The maximum Gasteiger partial charge on any atom is 0.309 e. The van der Waals surface area contributed by atoms with Crippen molar-refractivity contribution in [2.45, 2.75) is 106 Å². The smallest absolute Gasteiger partial charge is 0.309 e. The van der Waals surface area contributed by atoms with E-state index >= 15 is 0 Å². The Labute approximate surface area is 259 Å². The van der Waals surface area contributed by atoms with E-state index in [2.05, 4.69) is 48.1 Å². The van der Waals surface area contributed by atoms with Crippen LogP contribution in [-0.4, -0.2) is 22.0 Å². The van der Waals surface area contributed by atoms with Gasteiger partial charge in [0, 0.05) is 5.92 Å². The molecule has 0 aliphatic heterocycles. The number of aliphatic carboxylic acids is 1. The topological polar surface area (TPSA) is 74.6 Å². The number of ketones is 1. The number of benzene rings is 1. The van der Waals surface area contributed by atoms with Gasteiger partial charge in [-0.15, -0.1) is 0 Å². The molecule has 1 aromatic rings. The Morgan fingerprint density at radius 3 is 2.19 bits per heavy atom. The summed E-state index contributed by atoms with van der Waals surface area (Å²) in [6.45, 7) is 18.9. The Morgan fingerprint density at radius 1 is 0.837 bits per heavy atom. The second-order valence-electron chi connectivity index (χ2n) is 16.9. The summed E-state index contributed by atoms with van der Waals surface area (Å²) in [5.74, 6) is 1.94. The molecule has 0 bridgehead atoms. The summed E-state index contributed by atoms with van der Waals surface area (Å²) >= 11 is 0. The number of carbonyl (C=O) groups excluding carboxylic acids is 1. The highest BCUT2D eigenvalue weighted by atomic mass is 16.4. The van der Waals surface area contributed by atoms with Gasteiger partial charge in [-0.05, 0) is 146 Å². The van der Waals surface area contributed by atoms with Crippen molar-refractivity contribution in [1.82, 2.24) is 0 Å². The molecule has 10 atom stereocenters. The lowest BCUT2D eigenvalue weighted by molar-refractivity contribution is -0.242. The SMILES string of the molecule is C=C(C)[C@@H]1CC[C@]2(C(=O)O)CC[C@]3(C)[C@H](CC[C@@H]4[C@@]5(C)CC[C@H](C(=O)C=Cc6ccc(O)cc6)C(C)(C)[C@@H]5CC[C@]43C)[C@@H]12. The van der Waals surface area contributed by atoms with Gasteiger partial charge in [0.05, 0.1) is 5.41 Å². The fourth-order valence-electron chi connectivity index (χ4n) is 12.9. The molecule has 4 heteroatoms. The van der Waals surface area contributed by atoms with Gasteiger partial charge in [0.25, 0.3) is 0 Å². The number of carboxylic acids is 1. The second kappa shape index (κ2) is 10.1. The van der Waals surface area contributed by atoms with Crippen LogP contribution in [0, 0.1) is 62.6 Å². The highest BCUT2D eigenvalue weighted by Crippen LogP contribution is 2.77. The van der Waals surface area contributed by atoms with Gasteiger partial charge in [0.15, 0.2) is 5.78 Å². The van der Waals surface area contributed by atoms with Gasteiger partial charge in [-0.25, -0.2) is 0 Å². The number of phenols is 1. The maximum atomic E-state index is 13.7. The molecule has 0 amide bonds. The molecule has 0 saturated heterocycles. The van der Waals surface area contributed by atoms with E-state index in [4.69, 9.17) is 0 Å². The van der Waals surface area contributed by atoms with Crippen molar-refractivity contribution in [3.63, 3.8) is 0 Å². The van der Waals surface area contributed by atoms with E-state index in [9.17, 15) is 19.8 Å². The summed E-state index contributed by atoms with van der Waals surface area (Å²) in [5.41, 5.74) is 1.90. The number of fused-ring (bicyclic) bond motifs is 7. The van der Waals surface area contributed by atoms with E-state index < -0.39 is 11.4 Å². The predicted octanol–water partition coefficient (Wildman–Crippen LogP) is 9.33. The first-order valence-electron chi connectivity index (χ1n) is 17.0. The third kappa shape index (κ3) is 4.20. The molecule has 0 spiro atoms. The molecule has 5 aliphatic rings. The van der Waals surface area contributed by atoms with Gasteiger partial charge in [-0.3, -0.25) is 9.59 Å². The van der Waals surface area contributed by atoms with E-state index in [1.807, 2.05) is 18.2 Å². The van der Waals surface area contributed by atoms with Crippen molar-refractivity contribution in [1.29, 1.82) is 0 Å². The average Bonchev–Trinajstić information content (AvgIpc) is 3.34. The minimum Gasteiger partial charge on any atom is -0.508 e. The first-order valence-corrected chi connectivity index (χ1v) is 17.0. The van der Waals surface area contributed by atoms with Gasteiger partial charge < -0.3 is 10.2 Å². The van der Waals surface area contributed by atoms with Crippen molar-refractivity contribution >= 4 is 17.8 Å². The van der Waals surface area contributed by atoms with E-state index in [1.165, 1.54) is 18.4 Å². The van der Waals surface area contributed by atoms with Crippen LogP contribution in [0.2, 0.25) is 0 Å². The molecular formula is C39H54O4. The van der Waals surface area contributed by atoms with Crippen molar-refractivity contribution < 1.29 is 19.8 Å². The van der Waals surface area contributed by atoms with Crippen molar-refractivity contribution in [3.05, 3.63) is 48.1 Å². The molecule has 0 radical (unpaired) electrons. The lowest BCUT2D eigenvalue weighted by Gasteiger charge is -2.72. The summed E-state index contributed by atoms with van der Waals surface area (Å²) in [5, 5.41) is 20.2. The molecule has 5 fully saturated rings. The summed E-state index contributed by atoms with van der Waals surface area (Å²) in [7, 11) is 0. The molecule has 2 N–H and O–H groups in total. The van der Waals surface area contributed by atoms with Crippen LogP contribution in [0.5, 0.6) is 5.75 Å². The Hall–Kier alpha value is -2.36. The Morgan fingerprint density at radius 2 is 1.53 bits per heavy atom. The number of aromatic hydroxyl groups is 1. The fourth-order valence-corrected chi connectivity index (χ4v) is 12.9. The lowest BCUT2D eigenvalue weighted by Crippen LogP contribution is -2.66. The molecular weight excluding hydrogens is 532 g/mol. The first-order chi connectivity index (χ1) is 20.1. The number of allylic oxidation sites excluding steroid dienone is 2. The number of hydrogen-bond donors (Lipinski definition) is 2. The summed E-state index contributed by atoms with van der Waals surface area (Å²) in [6, 6.07) is 7.01. The van der Waals surface area contributed by atoms with Crippen LogP contribution in [0.4, 0.5) is 0 Å². The molecule has 5 saturated carbocycles. The zero-order valence-corrected chi connectivity index (χ0v) is 27.4. The maximum absolute atomic E-state index is 13.7. The molecule has 0 unspecified atom stereocenters. The van der Waals surface area contributed by atoms with Crippen LogP contribution in [0.3, 0.4) is 0 Å². The third-order valence-electron chi connectivity index (χ3n) is 15.2.